The molecule has 2 aromatic heterocycles. The maximum absolute atomic E-state index is 12.8. The number of carbonyl (C=O) groups excluding carboxylic acids is 1. The van der Waals surface area contributed by atoms with Crippen LogP contribution in [0.1, 0.15) is 58.2 Å². The Bertz CT molecular complexity index is 725. The number of hydrogen-bond acceptors (Lipinski definition) is 4. The third-order valence-electron chi connectivity index (χ3n) is 5.07. The number of nitrogens with zero attached hydrogens (tertiary/aromatic N) is 2. The Kier molecular flexibility index (Phi) is 3.92. The summed E-state index contributed by atoms with van der Waals surface area (Å²) in [5, 5.41) is 3.95. The highest BCUT2D eigenvalue weighted by Crippen LogP contribution is 2.41. The van der Waals surface area contributed by atoms with E-state index in [1.807, 2.05) is 31.0 Å². The summed E-state index contributed by atoms with van der Waals surface area (Å²) in [5.74, 6) is 1.48. The van der Waals surface area contributed by atoms with E-state index in [1.165, 1.54) is 12.8 Å². The number of aromatic nitrogens is 2. The van der Waals surface area contributed by atoms with Gasteiger partial charge in [0.15, 0.2) is 0 Å². The predicted octanol–water partition coefficient (Wildman–Crippen LogP) is 2.93. The normalized spacial score (nSPS) is 20.8. The molecule has 6 heteroatoms. The highest BCUT2D eigenvalue weighted by atomic mass is 16.5. The second kappa shape index (κ2) is 6.09. The number of aromatic amines is 1. The molecule has 3 heterocycles. The number of amides is 1. The SMILES string of the molecule is Cc1noc(C)c1COC1CCN(C(=O)c2cc[nH]c2C2CC2)C1. The number of likely N-dealkylation sites (tertiary alicyclic amines) is 1. The largest absolute Gasteiger partial charge is 0.371 e. The molecule has 1 N–H and O–H groups in total. The zero-order valence-corrected chi connectivity index (χ0v) is 14.2. The Labute approximate surface area is 141 Å². The van der Waals surface area contributed by atoms with Crippen LogP contribution in [-0.2, 0) is 11.3 Å². The van der Waals surface area contributed by atoms with Crippen LogP contribution in [0.2, 0.25) is 0 Å². The maximum Gasteiger partial charge on any atom is 0.255 e. The molecule has 4 rings (SSSR count). The Morgan fingerprint density at radius 2 is 2.25 bits per heavy atom. The smallest absolute Gasteiger partial charge is 0.255 e. The van der Waals surface area contributed by atoms with E-state index in [9.17, 15) is 4.79 Å². The molecule has 1 unspecified atom stereocenters. The standard InChI is InChI=1S/C18H23N3O3/c1-11-16(12(2)24-20-11)10-23-14-6-8-21(9-14)18(22)15-5-7-19-17(15)13-3-4-13/h5,7,13-14,19H,3-4,6,8-10H2,1-2H3. The molecule has 2 aliphatic rings. The molecule has 2 fully saturated rings. The van der Waals surface area contributed by atoms with Crippen molar-refractivity contribution in [3.8, 4) is 0 Å². The molecule has 0 radical (unpaired) electrons. The Balaban J connectivity index is 1.36. The van der Waals surface area contributed by atoms with Crippen molar-refractivity contribution in [1.82, 2.24) is 15.0 Å². The Morgan fingerprint density at radius 1 is 1.42 bits per heavy atom. The van der Waals surface area contributed by atoms with E-state index in [0.717, 1.165) is 41.2 Å². The summed E-state index contributed by atoms with van der Waals surface area (Å²) in [4.78, 5) is 17.9. The lowest BCUT2D eigenvalue weighted by Gasteiger charge is -2.17. The first-order valence-corrected chi connectivity index (χ1v) is 8.63. The molecule has 0 bridgehead atoms. The van der Waals surface area contributed by atoms with Crippen molar-refractivity contribution in [2.45, 2.75) is 51.7 Å². The molecular weight excluding hydrogens is 306 g/mol. The van der Waals surface area contributed by atoms with Gasteiger partial charge in [-0.3, -0.25) is 4.79 Å². The van der Waals surface area contributed by atoms with Crippen LogP contribution in [0, 0.1) is 13.8 Å². The molecule has 0 spiro atoms. The van der Waals surface area contributed by atoms with Crippen LogP contribution in [0.5, 0.6) is 0 Å². The number of carbonyl (C=O) groups is 1. The quantitative estimate of drug-likeness (QED) is 0.915. The van der Waals surface area contributed by atoms with Gasteiger partial charge in [-0.25, -0.2) is 0 Å². The van der Waals surface area contributed by atoms with Crippen molar-refractivity contribution >= 4 is 5.91 Å². The van der Waals surface area contributed by atoms with Crippen molar-refractivity contribution in [3.63, 3.8) is 0 Å². The van der Waals surface area contributed by atoms with Crippen molar-refractivity contribution in [1.29, 1.82) is 0 Å². The van der Waals surface area contributed by atoms with Gasteiger partial charge in [0.2, 0.25) is 0 Å². The van der Waals surface area contributed by atoms with Gasteiger partial charge in [-0.1, -0.05) is 5.16 Å². The fraction of sp³-hybridized carbons (Fsp3) is 0.556. The fourth-order valence-electron chi connectivity index (χ4n) is 3.41. The first kappa shape index (κ1) is 15.4. The zero-order chi connectivity index (χ0) is 16.7. The van der Waals surface area contributed by atoms with Gasteiger partial charge in [0, 0.05) is 30.5 Å². The highest BCUT2D eigenvalue weighted by molar-refractivity contribution is 5.96. The third-order valence-corrected chi connectivity index (χ3v) is 5.07. The van der Waals surface area contributed by atoms with E-state index in [4.69, 9.17) is 9.26 Å². The van der Waals surface area contributed by atoms with Crippen molar-refractivity contribution < 1.29 is 14.1 Å². The summed E-state index contributed by atoms with van der Waals surface area (Å²) >= 11 is 0. The van der Waals surface area contributed by atoms with Gasteiger partial charge in [0.1, 0.15) is 5.76 Å². The molecule has 24 heavy (non-hydrogen) atoms. The van der Waals surface area contributed by atoms with Gasteiger partial charge in [0.25, 0.3) is 5.91 Å². The van der Waals surface area contributed by atoms with Gasteiger partial charge >= 0.3 is 0 Å². The lowest BCUT2D eigenvalue weighted by Crippen LogP contribution is -2.30. The number of hydrogen-bond donors (Lipinski definition) is 1. The second-order valence-electron chi connectivity index (χ2n) is 6.85. The van der Waals surface area contributed by atoms with Crippen molar-refractivity contribution in [2.75, 3.05) is 13.1 Å². The molecular formula is C18H23N3O3. The zero-order valence-electron chi connectivity index (χ0n) is 14.2. The van der Waals surface area contributed by atoms with Crippen LogP contribution in [0.15, 0.2) is 16.8 Å². The molecule has 6 nitrogen and oxygen atoms in total. The van der Waals surface area contributed by atoms with Crippen LogP contribution < -0.4 is 0 Å². The average Bonchev–Trinajstić information content (AvgIpc) is 2.98. The molecule has 1 aliphatic carbocycles. The molecule has 1 saturated carbocycles. The number of H-pyrrole nitrogens is 1. The first-order chi connectivity index (χ1) is 11.6. The predicted molar refractivity (Wildman–Crippen MR) is 87.8 cm³/mol. The van der Waals surface area contributed by atoms with E-state index in [-0.39, 0.29) is 12.0 Å². The molecule has 1 atom stereocenters. The minimum absolute atomic E-state index is 0.0750. The number of rotatable bonds is 5. The summed E-state index contributed by atoms with van der Waals surface area (Å²) in [5.41, 5.74) is 3.84. The van der Waals surface area contributed by atoms with Crippen LogP contribution in [-0.4, -0.2) is 40.1 Å². The third kappa shape index (κ3) is 2.86. The average molecular weight is 329 g/mol. The summed E-state index contributed by atoms with van der Waals surface area (Å²) in [6, 6.07) is 1.91. The maximum atomic E-state index is 12.8. The van der Waals surface area contributed by atoms with E-state index in [0.29, 0.717) is 19.1 Å². The number of aryl methyl sites for hydroxylation is 2. The van der Waals surface area contributed by atoms with E-state index >= 15 is 0 Å². The second-order valence-corrected chi connectivity index (χ2v) is 6.85. The number of nitrogens with one attached hydrogen (secondary N) is 1. The Morgan fingerprint density at radius 3 is 2.96 bits per heavy atom. The van der Waals surface area contributed by atoms with E-state index < -0.39 is 0 Å². The lowest BCUT2D eigenvalue weighted by molar-refractivity contribution is 0.0430. The molecule has 1 aliphatic heterocycles. The lowest BCUT2D eigenvalue weighted by atomic mass is 10.1. The molecule has 1 amide bonds. The molecule has 2 aromatic rings. The van der Waals surface area contributed by atoms with Crippen LogP contribution in [0.4, 0.5) is 0 Å². The van der Waals surface area contributed by atoms with Gasteiger partial charge in [-0.05, 0) is 45.1 Å². The minimum atomic E-state index is 0.0750. The van der Waals surface area contributed by atoms with Crippen LogP contribution >= 0.6 is 0 Å². The van der Waals surface area contributed by atoms with Crippen LogP contribution in [0.3, 0.4) is 0 Å². The van der Waals surface area contributed by atoms with Crippen molar-refractivity contribution in [2.24, 2.45) is 0 Å². The van der Waals surface area contributed by atoms with E-state index in [1.54, 1.807) is 0 Å². The minimum Gasteiger partial charge on any atom is -0.371 e. The van der Waals surface area contributed by atoms with Crippen molar-refractivity contribution in [3.05, 3.63) is 40.5 Å². The van der Waals surface area contributed by atoms with Gasteiger partial charge in [-0.15, -0.1) is 0 Å². The topological polar surface area (TPSA) is 71.4 Å². The number of ether oxygens (including phenoxy) is 1. The first-order valence-electron chi connectivity index (χ1n) is 8.63. The summed E-state index contributed by atoms with van der Waals surface area (Å²) in [7, 11) is 0. The Hall–Kier alpha value is -2.08. The van der Waals surface area contributed by atoms with Crippen LogP contribution in [0.25, 0.3) is 0 Å². The van der Waals surface area contributed by atoms with Gasteiger partial charge in [0.05, 0.1) is 24.0 Å². The highest BCUT2D eigenvalue weighted by Gasteiger charge is 2.33. The molecule has 0 aromatic carbocycles. The van der Waals surface area contributed by atoms with E-state index in [2.05, 4.69) is 10.1 Å². The summed E-state index contributed by atoms with van der Waals surface area (Å²) < 4.78 is 11.2. The monoisotopic (exact) mass is 329 g/mol. The fourth-order valence-corrected chi connectivity index (χ4v) is 3.41. The van der Waals surface area contributed by atoms with Gasteiger partial charge < -0.3 is 19.1 Å². The summed E-state index contributed by atoms with van der Waals surface area (Å²) in [6.45, 7) is 5.71. The van der Waals surface area contributed by atoms with Gasteiger partial charge in [-0.2, -0.15) is 0 Å². The summed E-state index contributed by atoms with van der Waals surface area (Å²) in [6.07, 6.45) is 5.19. The molecule has 128 valence electrons. The molecule has 1 saturated heterocycles.